The van der Waals surface area contributed by atoms with Gasteiger partial charge in [0.1, 0.15) is 42.2 Å². The van der Waals surface area contributed by atoms with Gasteiger partial charge in [0.15, 0.2) is 11.8 Å². The van der Waals surface area contributed by atoms with Gasteiger partial charge in [0, 0.05) is 11.1 Å². The molecule has 0 fully saturated rings. The molecule has 40 heavy (non-hydrogen) atoms. The molecule has 225 valence electrons. The van der Waals surface area contributed by atoms with Gasteiger partial charge in [-0.1, -0.05) is 53.7 Å². The molecule has 6 nitrogen and oxygen atoms in total. The fourth-order valence-corrected chi connectivity index (χ4v) is 4.76. The van der Waals surface area contributed by atoms with Crippen molar-refractivity contribution in [1.29, 1.82) is 0 Å². The van der Waals surface area contributed by atoms with Gasteiger partial charge in [-0.2, -0.15) is 0 Å². The van der Waals surface area contributed by atoms with Gasteiger partial charge in [0.05, 0.1) is 14.2 Å². The van der Waals surface area contributed by atoms with Crippen LogP contribution in [0.3, 0.4) is 0 Å². The van der Waals surface area contributed by atoms with Crippen LogP contribution in [0, 0.1) is 5.41 Å². The predicted molar refractivity (Wildman–Crippen MR) is 161 cm³/mol. The van der Waals surface area contributed by atoms with E-state index in [0.717, 1.165) is 35.8 Å². The summed E-state index contributed by atoms with van der Waals surface area (Å²) in [6, 6.07) is 12.4. The number of hydrogen-bond acceptors (Lipinski definition) is 6. The standard InChI is InChI=1S/C31H42N2O4.2ClH.Cu/c1-29(2,3)19-11-13-25(34-9)21(15-19)23-17-36-27(32-23)31(7,8)28-33-24(18-37-28)22-16-20(30(4,5)6)12-14-26(22)35-10;;;/h11-16,23-24H,17-18H2,1-10H3;2*1H;/q;;;+2/p-2/t23-,24-;;;/m1.../s1. The first kappa shape index (κ1) is 32.6. The van der Waals surface area contributed by atoms with Gasteiger partial charge in [-0.05, 0) is 60.1 Å². The summed E-state index contributed by atoms with van der Waals surface area (Å²) in [4.78, 5) is 10.0. The first-order valence-corrected chi connectivity index (χ1v) is 15.9. The third-order valence-electron chi connectivity index (χ3n) is 7.28. The van der Waals surface area contributed by atoms with Gasteiger partial charge in [-0.25, -0.2) is 9.98 Å². The molecule has 2 aromatic rings. The summed E-state index contributed by atoms with van der Waals surface area (Å²) in [5, 5.41) is 0. The van der Waals surface area contributed by atoms with E-state index in [-0.39, 0.29) is 22.9 Å². The van der Waals surface area contributed by atoms with E-state index in [2.05, 4.69) is 99.9 Å². The van der Waals surface area contributed by atoms with E-state index in [9.17, 15) is 0 Å². The van der Waals surface area contributed by atoms with Crippen LogP contribution in [0.1, 0.15) is 89.7 Å². The van der Waals surface area contributed by atoms with E-state index < -0.39 is 5.41 Å². The minimum absolute atomic E-state index is 0.0269. The number of ether oxygens (including phenoxy) is 4. The third kappa shape index (κ3) is 7.28. The van der Waals surface area contributed by atoms with Crippen LogP contribution in [0.4, 0.5) is 0 Å². The number of nitrogens with zero attached hydrogens (tertiary/aromatic N) is 2. The van der Waals surface area contributed by atoms with E-state index in [0.29, 0.717) is 25.0 Å². The van der Waals surface area contributed by atoms with Crippen molar-refractivity contribution >= 4 is 32.0 Å². The fourth-order valence-electron chi connectivity index (χ4n) is 4.76. The molecule has 2 atom stereocenters. The van der Waals surface area contributed by atoms with Crippen molar-refractivity contribution in [2.24, 2.45) is 15.4 Å². The molecule has 0 spiro atoms. The molecular weight excluding hydrogens is 599 g/mol. The molecule has 2 aromatic carbocycles. The molecule has 4 rings (SSSR count). The average Bonchev–Trinajstić information content (AvgIpc) is 3.58. The molecule has 0 aliphatic carbocycles. The fraction of sp³-hybridized carbons (Fsp3) is 0.548. The number of hydrogen-bond donors (Lipinski definition) is 0. The molecule has 0 radical (unpaired) electrons. The Kier molecular flexibility index (Phi) is 10.5. The van der Waals surface area contributed by atoms with E-state index in [1.54, 1.807) is 14.2 Å². The molecule has 0 aromatic heterocycles. The Bertz CT molecular complexity index is 1160. The third-order valence-corrected chi connectivity index (χ3v) is 7.28. The second-order valence-corrected chi connectivity index (χ2v) is 14.2. The van der Waals surface area contributed by atoms with Crippen LogP contribution in [-0.4, -0.2) is 39.2 Å². The van der Waals surface area contributed by atoms with Crippen molar-refractivity contribution in [2.75, 3.05) is 27.4 Å². The maximum absolute atomic E-state index is 6.18. The number of benzene rings is 2. The Morgan fingerprint density at radius 2 is 1.05 bits per heavy atom. The second-order valence-electron chi connectivity index (χ2n) is 12.6. The normalized spacial score (nSPS) is 19.2. The summed E-state index contributed by atoms with van der Waals surface area (Å²) >= 11 is 0.757. The maximum atomic E-state index is 6.18. The van der Waals surface area contributed by atoms with E-state index in [4.69, 9.17) is 28.9 Å². The minimum atomic E-state index is -0.604. The summed E-state index contributed by atoms with van der Waals surface area (Å²) in [7, 11) is 12.7. The zero-order valence-electron chi connectivity index (χ0n) is 25.1. The van der Waals surface area contributed by atoms with E-state index in [1.807, 2.05) is 12.1 Å². The summed E-state index contributed by atoms with van der Waals surface area (Å²) in [5.41, 5.74) is 4.01. The van der Waals surface area contributed by atoms with Crippen molar-refractivity contribution in [3.63, 3.8) is 0 Å². The van der Waals surface area contributed by atoms with Crippen molar-refractivity contribution in [1.82, 2.24) is 0 Å². The van der Waals surface area contributed by atoms with Crippen LogP contribution >= 0.6 is 20.2 Å². The van der Waals surface area contributed by atoms with Gasteiger partial charge in [0.25, 0.3) is 0 Å². The molecule has 2 aliphatic heterocycles. The zero-order valence-corrected chi connectivity index (χ0v) is 27.6. The SMILES string of the molecule is COc1ccc(C(C)(C)C)cc1[C@H]1COC(C(C)(C)C2=N[C@@H](c3cc(C(C)(C)C)ccc3OC)CO2)=N1.[Cl][Cu][Cl]. The van der Waals surface area contributed by atoms with Gasteiger partial charge >= 0.3 is 33.3 Å². The van der Waals surface area contributed by atoms with Gasteiger partial charge in [-0.3, -0.25) is 0 Å². The van der Waals surface area contributed by atoms with Crippen LogP contribution in [0.2, 0.25) is 0 Å². The molecule has 0 N–H and O–H groups in total. The molecular formula is C31H42Cl2CuN2O4. The Balaban J connectivity index is 0.00000141. The van der Waals surface area contributed by atoms with Crippen molar-refractivity contribution in [3.8, 4) is 11.5 Å². The molecule has 2 aliphatic rings. The number of rotatable bonds is 6. The van der Waals surface area contributed by atoms with Crippen molar-refractivity contribution in [3.05, 3.63) is 58.7 Å². The quantitative estimate of drug-likeness (QED) is 0.298. The van der Waals surface area contributed by atoms with E-state index >= 15 is 0 Å². The van der Waals surface area contributed by atoms with Gasteiger partial charge in [0.2, 0.25) is 0 Å². The van der Waals surface area contributed by atoms with Gasteiger partial charge < -0.3 is 18.9 Å². The van der Waals surface area contributed by atoms with Crippen LogP contribution in [0.15, 0.2) is 46.4 Å². The van der Waals surface area contributed by atoms with Gasteiger partial charge in [-0.15, -0.1) is 0 Å². The topological polar surface area (TPSA) is 61.6 Å². The molecule has 0 bridgehead atoms. The Labute approximate surface area is 254 Å². The summed E-state index contributed by atoms with van der Waals surface area (Å²) in [6.45, 7) is 18.3. The molecule has 0 unspecified atom stereocenters. The van der Waals surface area contributed by atoms with Crippen LogP contribution in [-0.2, 0) is 33.4 Å². The number of methoxy groups -OCH3 is 2. The first-order chi connectivity index (χ1) is 18.7. The zero-order chi connectivity index (χ0) is 29.9. The summed E-state index contributed by atoms with van der Waals surface area (Å²) in [5.74, 6) is 2.92. The number of aliphatic imine (C=N–C) groups is 2. The predicted octanol–water partition coefficient (Wildman–Crippen LogP) is 8.34. The van der Waals surface area contributed by atoms with Crippen LogP contribution in [0.25, 0.3) is 0 Å². The summed E-state index contributed by atoms with van der Waals surface area (Å²) in [6.07, 6.45) is 0. The molecule has 0 saturated heterocycles. The second kappa shape index (κ2) is 12.9. The first-order valence-electron chi connectivity index (χ1n) is 13.3. The Hall–Kier alpha value is -1.92. The monoisotopic (exact) mass is 639 g/mol. The Morgan fingerprint density at radius 3 is 1.35 bits per heavy atom. The molecule has 0 saturated carbocycles. The molecule has 9 heteroatoms. The van der Waals surface area contributed by atoms with Crippen LogP contribution in [0.5, 0.6) is 11.5 Å². The van der Waals surface area contributed by atoms with Crippen molar-refractivity contribution in [2.45, 2.75) is 78.3 Å². The average molecular weight is 641 g/mol. The number of halogens is 2. The van der Waals surface area contributed by atoms with Crippen molar-refractivity contribution < 1.29 is 32.1 Å². The van der Waals surface area contributed by atoms with E-state index in [1.165, 1.54) is 11.1 Å². The summed E-state index contributed by atoms with van der Waals surface area (Å²) < 4.78 is 23.7. The Morgan fingerprint density at radius 1 is 0.700 bits per heavy atom. The molecule has 0 amide bonds. The van der Waals surface area contributed by atoms with Crippen LogP contribution < -0.4 is 9.47 Å². The molecule has 2 heterocycles.